The molecule has 130 valence electrons. The first kappa shape index (κ1) is 18.1. The predicted octanol–water partition coefficient (Wildman–Crippen LogP) is 3.95. The number of hydrogen-bond donors (Lipinski definition) is 1. The molecule has 0 amide bonds. The second-order valence-electron chi connectivity index (χ2n) is 5.48. The highest BCUT2D eigenvalue weighted by Gasteiger charge is 2.07. The van der Waals surface area contributed by atoms with Crippen molar-refractivity contribution >= 4 is 0 Å². The van der Waals surface area contributed by atoms with Crippen LogP contribution in [0.2, 0.25) is 0 Å². The maximum Gasteiger partial charge on any atom is 0.161 e. The Balaban J connectivity index is 2.02. The standard InChI is InChI=1S/C20H27NO3/c1-3-22-19-11-10-17(14-20(19)23-4-2)15-24-18-9-5-7-16(13-18)8-6-12-21/h5,7,9-11,13-14H,3-4,6,8,12,15,21H2,1-2H3. The molecule has 0 bridgehead atoms. The molecule has 0 radical (unpaired) electrons. The van der Waals surface area contributed by atoms with Gasteiger partial charge < -0.3 is 19.9 Å². The summed E-state index contributed by atoms with van der Waals surface area (Å²) in [5, 5.41) is 0. The van der Waals surface area contributed by atoms with E-state index in [1.54, 1.807) is 0 Å². The van der Waals surface area contributed by atoms with Crippen molar-refractivity contribution in [3.8, 4) is 17.2 Å². The van der Waals surface area contributed by atoms with Crippen molar-refractivity contribution in [1.82, 2.24) is 0 Å². The molecule has 4 nitrogen and oxygen atoms in total. The van der Waals surface area contributed by atoms with Gasteiger partial charge >= 0.3 is 0 Å². The molecule has 0 saturated carbocycles. The average Bonchev–Trinajstić information content (AvgIpc) is 2.61. The number of hydrogen-bond acceptors (Lipinski definition) is 4. The number of rotatable bonds is 10. The van der Waals surface area contributed by atoms with Gasteiger partial charge in [0, 0.05) is 0 Å². The van der Waals surface area contributed by atoms with E-state index in [1.807, 2.05) is 44.2 Å². The lowest BCUT2D eigenvalue weighted by Gasteiger charge is -2.13. The second kappa shape index (κ2) is 9.83. The summed E-state index contributed by atoms with van der Waals surface area (Å²) in [5.41, 5.74) is 7.87. The third-order valence-corrected chi connectivity index (χ3v) is 3.58. The Morgan fingerprint density at radius 3 is 2.38 bits per heavy atom. The average molecular weight is 329 g/mol. The molecule has 0 aliphatic heterocycles. The molecule has 0 aliphatic carbocycles. The van der Waals surface area contributed by atoms with Crippen LogP contribution in [0.3, 0.4) is 0 Å². The second-order valence-corrected chi connectivity index (χ2v) is 5.48. The molecular formula is C20H27NO3. The number of ether oxygens (including phenoxy) is 3. The molecule has 2 aromatic carbocycles. The van der Waals surface area contributed by atoms with Crippen LogP contribution in [0.5, 0.6) is 17.2 Å². The molecule has 2 rings (SSSR count). The van der Waals surface area contributed by atoms with E-state index in [1.165, 1.54) is 5.56 Å². The van der Waals surface area contributed by atoms with Crippen LogP contribution in [0.25, 0.3) is 0 Å². The smallest absolute Gasteiger partial charge is 0.161 e. The third kappa shape index (κ3) is 5.46. The van der Waals surface area contributed by atoms with Gasteiger partial charge in [0.25, 0.3) is 0 Å². The zero-order valence-corrected chi connectivity index (χ0v) is 14.6. The van der Waals surface area contributed by atoms with Crippen LogP contribution in [-0.4, -0.2) is 19.8 Å². The zero-order valence-electron chi connectivity index (χ0n) is 14.6. The number of benzene rings is 2. The van der Waals surface area contributed by atoms with E-state index < -0.39 is 0 Å². The molecule has 0 atom stereocenters. The van der Waals surface area contributed by atoms with Crippen LogP contribution >= 0.6 is 0 Å². The molecule has 0 spiro atoms. The topological polar surface area (TPSA) is 53.7 Å². The molecule has 0 unspecified atom stereocenters. The minimum atomic E-state index is 0.493. The quantitative estimate of drug-likeness (QED) is 0.717. The van der Waals surface area contributed by atoms with Crippen LogP contribution in [0.1, 0.15) is 31.4 Å². The molecule has 0 fully saturated rings. The first-order valence-corrected chi connectivity index (χ1v) is 8.57. The monoisotopic (exact) mass is 329 g/mol. The van der Waals surface area contributed by atoms with Crippen LogP contribution in [-0.2, 0) is 13.0 Å². The van der Waals surface area contributed by atoms with Crippen molar-refractivity contribution in [2.45, 2.75) is 33.3 Å². The van der Waals surface area contributed by atoms with Crippen molar-refractivity contribution in [3.63, 3.8) is 0 Å². The summed E-state index contributed by atoms with van der Waals surface area (Å²) in [6, 6.07) is 14.1. The highest BCUT2D eigenvalue weighted by atomic mass is 16.5. The molecular weight excluding hydrogens is 302 g/mol. The molecule has 4 heteroatoms. The Morgan fingerprint density at radius 1 is 0.833 bits per heavy atom. The summed E-state index contributed by atoms with van der Waals surface area (Å²) in [5.74, 6) is 2.40. The van der Waals surface area contributed by atoms with Gasteiger partial charge in [0.1, 0.15) is 12.4 Å². The van der Waals surface area contributed by atoms with E-state index in [4.69, 9.17) is 19.9 Å². The van der Waals surface area contributed by atoms with Crippen molar-refractivity contribution in [1.29, 1.82) is 0 Å². The van der Waals surface area contributed by atoms with Gasteiger partial charge in [-0.05, 0) is 68.6 Å². The van der Waals surface area contributed by atoms with Crippen molar-refractivity contribution < 1.29 is 14.2 Å². The molecule has 24 heavy (non-hydrogen) atoms. The molecule has 0 saturated heterocycles. The summed E-state index contributed by atoms with van der Waals surface area (Å²) < 4.78 is 17.2. The fraction of sp³-hybridized carbons (Fsp3) is 0.400. The maximum absolute atomic E-state index is 5.92. The lowest BCUT2D eigenvalue weighted by molar-refractivity contribution is 0.283. The van der Waals surface area contributed by atoms with Gasteiger partial charge in [-0.15, -0.1) is 0 Å². The van der Waals surface area contributed by atoms with E-state index in [9.17, 15) is 0 Å². The minimum Gasteiger partial charge on any atom is -0.490 e. The van der Waals surface area contributed by atoms with Gasteiger partial charge in [-0.3, -0.25) is 0 Å². The fourth-order valence-corrected chi connectivity index (χ4v) is 2.45. The SMILES string of the molecule is CCOc1ccc(COc2cccc(CCCN)c2)cc1OCC. The largest absolute Gasteiger partial charge is 0.490 e. The van der Waals surface area contributed by atoms with E-state index in [0.29, 0.717) is 26.4 Å². The number of nitrogens with two attached hydrogens (primary N) is 1. The molecule has 0 aromatic heterocycles. The summed E-state index contributed by atoms with van der Waals surface area (Å²) in [7, 11) is 0. The third-order valence-electron chi connectivity index (χ3n) is 3.58. The minimum absolute atomic E-state index is 0.493. The fourth-order valence-electron chi connectivity index (χ4n) is 2.45. The molecule has 0 aliphatic rings. The van der Waals surface area contributed by atoms with Crippen molar-refractivity contribution in [3.05, 3.63) is 53.6 Å². The summed E-state index contributed by atoms with van der Waals surface area (Å²) in [6.07, 6.45) is 1.96. The van der Waals surface area contributed by atoms with Crippen molar-refractivity contribution in [2.24, 2.45) is 5.73 Å². The Bertz CT molecular complexity index is 628. The van der Waals surface area contributed by atoms with Crippen LogP contribution in [0.15, 0.2) is 42.5 Å². The van der Waals surface area contributed by atoms with Gasteiger partial charge in [0.15, 0.2) is 11.5 Å². The highest BCUT2D eigenvalue weighted by Crippen LogP contribution is 2.29. The molecule has 0 heterocycles. The number of aryl methyl sites for hydroxylation is 1. The normalized spacial score (nSPS) is 10.5. The maximum atomic E-state index is 5.92. The Labute approximate surface area is 144 Å². The van der Waals surface area contributed by atoms with Crippen molar-refractivity contribution in [2.75, 3.05) is 19.8 Å². The van der Waals surface area contributed by atoms with Crippen LogP contribution < -0.4 is 19.9 Å². The van der Waals surface area contributed by atoms with Gasteiger partial charge in [-0.25, -0.2) is 0 Å². The summed E-state index contributed by atoms with van der Waals surface area (Å²) in [6.45, 7) is 6.35. The highest BCUT2D eigenvalue weighted by molar-refractivity contribution is 5.43. The molecule has 2 aromatic rings. The summed E-state index contributed by atoms with van der Waals surface area (Å²) in [4.78, 5) is 0. The Kier molecular flexibility index (Phi) is 7.43. The van der Waals surface area contributed by atoms with E-state index in [-0.39, 0.29) is 0 Å². The van der Waals surface area contributed by atoms with E-state index in [2.05, 4.69) is 12.1 Å². The first-order valence-electron chi connectivity index (χ1n) is 8.57. The van der Waals surface area contributed by atoms with Gasteiger partial charge in [0.2, 0.25) is 0 Å². The van der Waals surface area contributed by atoms with Gasteiger partial charge in [-0.2, -0.15) is 0 Å². The van der Waals surface area contributed by atoms with E-state index >= 15 is 0 Å². The lowest BCUT2D eigenvalue weighted by atomic mass is 10.1. The first-order chi connectivity index (χ1) is 11.8. The van der Waals surface area contributed by atoms with E-state index in [0.717, 1.165) is 35.7 Å². The predicted molar refractivity (Wildman–Crippen MR) is 96.9 cm³/mol. The van der Waals surface area contributed by atoms with Gasteiger partial charge in [0.05, 0.1) is 13.2 Å². The Morgan fingerprint density at radius 2 is 1.62 bits per heavy atom. The lowest BCUT2D eigenvalue weighted by Crippen LogP contribution is -2.02. The van der Waals surface area contributed by atoms with Crippen LogP contribution in [0, 0.1) is 0 Å². The van der Waals surface area contributed by atoms with Crippen LogP contribution in [0.4, 0.5) is 0 Å². The Hall–Kier alpha value is -2.20. The zero-order chi connectivity index (χ0) is 17.2. The molecule has 2 N–H and O–H groups in total. The summed E-state index contributed by atoms with van der Waals surface area (Å²) >= 11 is 0. The van der Waals surface area contributed by atoms with Gasteiger partial charge in [-0.1, -0.05) is 18.2 Å².